The monoisotopic (exact) mass is 393 g/mol. The average molecular weight is 393 g/mol. The lowest BCUT2D eigenvalue weighted by Crippen LogP contribution is -2.23. The molecule has 0 unspecified atom stereocenters. The number of benzene rings is 2. The van der Waals surface area contributed by atoms with Crippen LogP contribution in [-0.2, 0) is 14.3 Å². The van der Waals surface area contributed by atoms with E-state index in [-0.39, 0.29) is 19.6 Å². The molecule has 0 radical (unpaired) electrons. The molecule has 1 aromatic heterocycles. The lowest BCUT2D eigenvalue weighted by atomic mass is 10.2. The van der Waals surface area contributed by atoms with Gasteiger partial charge in [0.15, 0.2) is 6.61 Å². The topological polar surface area (TPSA) is 82.4 Å². The van der Waals surface area contributed by atoms with Crippen molar-refractivity contribution in [2.75, 3.05) is 18.5 Å². The average Bonchev–Trinajstić information content (AvgIpc) is 3.07. The predicted octanol–water partition coefficient (Wildman–Crippen LogP) is 3.44. The molecule has 0 bridgehead atoms. The fourth-order valence-corrected chi connectivity index (χ4v) is 2.71. The van der Waals surface area contributed by atoms with Crippen LogP contribution < -0.4 is 10.1 Å². The fraction of sp³-hybridized carbons (Fsp3) is 0.227. The van der Waals surface area contributed by atoms with Gasteiger partial charge in [-0.2, -0.15) is 5.10 Å². The second kappa shape index (κ2) is 9.54. The Labute approximate surface area is 169 Å². The highest BCUT2D eigenvalue weighted by Crippen LogP contribution is 2.17. The Morgan fingerprint density at radius 3 is 2.59 bits per heavy atom. The normalized spacial score (nSPS) is 10.4. The van der Waals surface area contributed by atoms with Crippen LogP contribution in [0.25, 0.3) is 5.69 Å². The number of aryl methyl sites for hydroxylation is 2. The molecule has 0 spiro atoms. The molecule has 0 saturated heterocycles. The van der Waals surface area contributed by atoms with E-state index in [9.17, 15) is 9.59 Å². The number of nitrogens with one attached hydrogen (secondary N) is 1. The molecule has 0 aliphatic heterocycles. The lowest BCUT2D eigenvalue weighted by molar-refractivity contribution is -0.147. The Hall–Kier alpha value is -3.61. The SMILES string of the molecule is Cc1cccc(OCCC(=O)OCC(=O)Nc2cc(C)nn2-c2ccccc2)c1. The van der Waals surface area contributed by atoms with Gasteiger partial charge >= 0.3 is 5.97 Å². The maximum Gasteiger partial charge on any atom is 0.309 e. The number of para-hydroxylation sites is 1. The minimum atomic E-state index is -0.499. The molecule has 0 aliphatic rings. The maximum atomic E-state index is 12.2. The molecule has 1 heterocycles. The van der Waals surface area contributed by atoms with E-state index >= 15 is 0 Å². The number of anilines is 1. The van der Waals surface area contributed by atoms with Gasteiger partial charge in [0.05, 0.1) is 24.4 Å². The molecular weight excluding hydrogens is 370 g/mol. The third-order valence-corrected chi connectivity index (χ3v) is 4.03. The molecule has 0 saturated carbocycles. The summed E-state index contributed by atoms with van der Waals surface area (Å²) in [5, 5.41) is 7.11. The highest BCUT2D eigenvalue weighted by Gasteiger charge is 2.13. The molecule has 3 aromatic rings. The minimum Gasteiger partial charge on any atom is -0.493 e. The first kappa shape index (κ1) is 20.1. The van der Waals surface area contributed by atoms with Crippen LogP contribution in [0.5, 0.6) is 5.75 Å². The van der Waals surface area contributed by atoms with Gasteiger partial charge in [0.25, 0.3) is 5.91 Å². The molecule has 1 amide bonds. The summed E-state index contributed by atoms with van der Waals surface area (Å²) in [5.41, 5.74) is 2.65. The van der Waals surface area contributed by atoms with Crippen molar-refractivity contribution in [2.24, 2.45) is 0 Å². The van der Waals surface area contributed by atoms with Gasteiger partial charge in [-0.15, -0.1) is 0 Å². The van der Waals surface area contributed by atoms with Crippen LogP contribution in [0.15, 0.2) is 60.7 Å². The molecule has 0 fully saturated rings. The summed E-state index contributed by atoms with van der Waals surface area (Å²) in [6.45, 7) is 3.61. The highest BCUT2D eigenvalue weighted by molar-refractivity contribution is 5.92. The molecule has 150 valence electrons. The number of hydrogen-bond acceptors (Lipinski definition) is 5. The van der Waals surface area contributed by atoms with Crippen LogP contribution in [0.2, 0.25) is 0 Å². The van der Waals surface area contributed by atoms with Gasteiger partial charge < -0.3 is 14.8 Å². The van der Waals surface area contributed by atoms with Crippen molar-refractivity contribution < 1.29 is 19.1 Å². The molecule has 2 aromatic carbocycles. The number of ether oxygens (including phenoxy) is 2. The van der Waals surface area contributed by atoms with Gasteiger partial charge in [0, 0.05) is 6.07 Å². The lowest BCUT2D eigenvalue weighted by Gasteiger charge is -2.10. The maximum absolute atomic E-state index is 12.2. The number of nitrogens with zero attached hydrogens (tertiary/aromatic N) is 2. The van der Waals surface area contributed by atoms with Crippen molar-refractivity contribution >= 4 is 17.7 Å². The van der Waals surface area contributed by atoms with Crippen molar-refractivity contribution in [3.05, 3.63) is 71.9 Å². The first-order valence-electron chi connectivity index (χ1n) is 9.28. The molecule has 7 heteroatoms. The summed E-state index contributed by atoms with van der Waals surface area (Å²) in [6.07, 6.45) is 0.0578. The number of rotatable bonds is 8. The van der Waals surface area contributed by atoms with E-state index in [1.807, 2.05) is 68.4 Å². The standard InChI is InChI=1S/C22H23N3O4/c1-16-7-6-10-19(13-16)28-12-11-22(27)29-15-21(26)23-20-14-17(2)24-25(20)18-8-4-3-5-9-18/h3-10,13-14H,11-12,15H2,1-2H3,(H,23,26). The van der Waals surface area contributed by atoms with Crippen molar-refractivity contribution in [1.82, 2.24) is 9.78 Å². The van der Waals surface area contributed by atoms with E-state index in [1.54, 1.807) is 10.7 Å². The predicted molar refractivity (Wildman–Crippen MR) is 109 cm³/mol. The zero-order valence-corrected chi connectivity index (χ0v) is 16.4. The van der Waals surface area contributed by atoms with Crippen LogP contribution >= 0.6 is 0 Å². The number of esters is 1. The summed E-state index contributed by atoms with van der Waals surface area (Å²) in [5.74, 6) is 0.271. The third kappa shape index (κ3) is 5.93. The molecule has 0 aliphatic carbocycles. The molecule has 7 nitrogen and oxygen atoms in total. The summed E-state index contributed by atoms with van der Waals surface area (Å²) in [4.78, 5) is 24.0. The van der Waals surface area contributed by atoms with E-state index in [0.717, 1.165) is 16.9 Å². The van der Waals surface area contributed by atoms with Gasteiger partial charge in [-0.1, -0.05) is 30.3 Å². The summed E-state index contributed by atoms with van der Waals surface area (Å²) in [6, 6.07) is 18.8. The fourth-order valence-electron chi connectivity index (χ4n) is 2.71. The smallest absolute Gasteiger partial charge is 0.309 e. The second-order valence-electron chi connectivity index (χ2n) is 6.54. The van der Waals surface area contributed by atoms with Crippen molar-refractivity contribution in [3.63, 3.8) is 0 Å². The highest BCUT2D eigenvalue weighted by atomic mass is 16.5. The van der Waals surface area contributed by atoms with E-state index in [4.69, 9.17) is 9.47 Å². The summed E-state index contributed by atoms with van der Waals surface area (Å²) in [7, 11) is 0. The van der Waals surface area contributed by atoms with Crippen LogP contribution in [0, 0.1) is 13.8 Å². The van der Waals surface area contributed by atoms with Crippen molar-refractivity contribution in [3.8, 4) is 11.4 Å². The molecule has 3 rings (SSSR count). The zero-order chi connectivity index (χ0) is 20.6. The first-order valence-corrected chi connectivity index (χ1v) is 9.28. The largest absolute Gasteiger partial charge is 0.493 e. The van der Waals surface area contributed by atoms with Gasteiger partial charge in [0.1, 0.15) is 11.6 Å². The van der Waals surface area contributed by atoms with Gasteiger partial charge in [-0.3, -0.25) is 9.59 Å². The molecular formula is C22H23N3O4. The van der Waals surface area contributed by atoms with Crippen molar-refractivity contribution in [1.29, 1.82) is 0 Å². The van der Waals surface area contributed by atoms with Crippen LogP contribution in [0.4, 0.5) is 5.82 Å². The molecule has 1 N–H and O–H groups in total. The van der Waals surface area contributed by atoms with E-state index in [2.05, 4.69) is 10.4 Å². The van der Waals surface area contributed by atoms with Gasteiger partial charge in [-0.25, -0.2) is 4.68 Å². The van der Waals surface area contributed by atoms with Crippen molar-refractivity contribution in [2.45, 2.75) is 20.3 Å². The van der Waals surface area contributed by atoms with Crippen LogP contribution in [0.1, 0.15) is 17.7 Å². The summed E-state index contributed by atoms with van der Waals surface area (Å²) >= 11 is 0. The Bertz CT molecular complexity index is 983. The number of aromatic nitrogens is 2. The van der Waals surface area contributed by atoms with Gasteiger partial charge in [0.2, 0.25) is 0 Å². The van der Waals surface area contributed by atoms with E-state index < -0.39 is 11.9 Å². The number of carbonyl (C=O) groups is 2. The Kier molecular flexibility index (Phi) is 6.63. The van der Waals surface area contributed by atoms with E-state index in [1.165, 1.54) is 0 Å². The van der Waals surface area contributed by atoms with Gasteiger partial charge in [-0.05, 0) is 43.7 Å². The van der Waals surface area contributed by atoms with Crippen LogP contribution in [-0.4, -0.2) is 34.9 Å². The zero-order valence-electron chi connectivity index (χ0n) is 16.4. The number of hydrogen-bond donors (Lipinski definition) is 1. The minimum absolute atomic E-state index is 0.0578. The Morgan fingerprint density at radius 2 is 1.83 bits per heavy atom. The Balaban J connectivity index is 1.46. The third-order valence-electron chi connectivity index (χ3n) is 4.03. The van der Waals surface area contributed by atoms with E-state index in [0.29, 0.717) is 11.6 Å². The second-order valence-corrected chi connectivity index (χ2v) is 6.54. The molecule has 29 heavy (non-hydrogen) atoms. The number of carbonyl (C=O) groups excluding carboxylic acids is 2. The number of amides is 1. The Morgan fingerprint density at radius 1 is 1.03 bits per heavy atom. The first-order chi connectivity index (χ1) is 14.0. The molecule has 0 atom stereocenters. The van der Waals surface area contributed by atoms with Crippen LogP contribution in [0.3, 0.4) is 0 Å². The quantitative estimate of drug-likeness (QED) is 0.593. The summed E-state index contributed by atoms with van der Waals surface area (Å²) < 4.78 is 12.2.